The number of ether oxygens (including phenoxy) is 2. The molecule has 2 aromatic carbocycles. The van der Waals surface area contributed by atoms with Gasteiger partial charge in [-0.15, -0.1) is 0 Å². The standard InChI is InChI=1S/C21H22N4O3/c1-13(26)15-5-7-16(8-6-15)24-20-12-21(23-14(2)22-20)25-18-11-17(27-3)9-10-19(18)28-4/h5-12H,1-4H3,(H2,22,23,24,25). The maximum absolute atomic E-state index is 11.4. The van der Waals surface area contributed by atoms with Crippen LogP contribution in [0.15, 0.2) is 48.5 Å². The highest BCUT2D eigenvalue weighted by molar-refractivity contribution is 5.94. The van der Waals surface area contributed by atoms with Crippen LogP contribution in [-0.2, 0) is 0 Å². The van der Waals surface area contributed by atoms with Crippen LogP contribution in [0.3, 0.4) is 0 Å². The number of rotatable bonds is 7. The Kier molecular flexibility index (Phi) is 5.74. The first-order chi connectivity index (χ1) is 13.5. The van der Waals surface area contributed by atoms with Gasteiger partial charge in [0.15, 0.2) is 5.78 Å². The smallest absolute Gasteiger partial charge is 0.159 e. The van der Waals surface area contributed by atoms with Crippen LogP contribution in [-0.4, -0.2) is 30.0 Å². The van der Waals surface area contributed by atoms with Gasteiger partial charge in [0.1, 0.15) is 29.0 Å². The van der Waals surface area contributed by atoms with Crippen molar-refractivity contribution in [3.8, 4) is 11.5 Å². The van der Waals surface area contributed by atoms with Gasteiger partial charge in [0.05, 0.1) is 19.9 Å². The molecule has 1 aromatic heterocycles. The number of benzene rings is 2. The zero-order chi connectivity index (χ0) is 20.1. The Morgan fingerprint density at radius 2 is 1.57 bits per heavy atom. The summed E-state index contributed by atoms with van der Waals surface area (Å²) in [6.07, 6.45) is 0. The number of hydrogen-bond donors (Lipinski definition) is 2. The topological polar surface area (TPSA) is 85.4 Å². The molecular weight excluding hydrogens is 356 g/mol. The summed E-state index contributed by atoms with van der Waals surface area (Å²) in [5.41, 5.74) is 2.22. The van der Waals surface area contributed by atoms with E-state index in [1.54, 1.807) is 39.3 Å². The van der Waals surface area contributed by atoms with Crippen LogP contribution >= 0.6 is 0 Å². The monoisotopic (exact) mass is 378 g/mol. The predicted octanol–water partition coefficient (Wildman–Crippen LogP) is 4.49. The molecule has 0 saturated heterocycles. The molecule has 144 valence electrons. The summed E-state index contributed by atoms with van der Waals surface area (Å²) in [7, 11) is 3.22. The molecule has 0 amide bonds. The Bertz CT molecular complexity index is 987. The van der Waals surface area contributed by atoms with Crippen molar-refractivity contribution in [1.82, 2.24) is 9.97 Å². The van der Waals surface area contributed by atoms with E-state index in [0.29, 0.717) is 34.5 Å². The van der Waals surface area contributed by atoms with Crippen LogP contribution in [0.4, 0.5) is 23.0 Å². The number of anilines is 4. The fourth-order valence-electron chi connectivity index (χ4n) is 2.68. The van der Waals surface area contributed by atoms with E-state index in [0.717, 1.165) is 11.4 Å². The molecule has 2 N–H and O–H groups in total. The zero-order valence-electron chi connectivity index (χ0n) is 16.2. The maximum atomic E-state index is 11.4. The second kappa shape index (κ2) is 8.39. The Hall–Kier alpha value is -3.61. The van der Waals surface area contributed by atoms with Gasteiger partial charge in [-0.25, -0.2) is 9.97 Å². The fraction of sp³-hybridized carbons (Fsp3) is 0.190. The van der Waals surface area contributed by atoms with Gasteiger partial charge in [0.2, 0.25) is 0 Å². The fourth-order valence-corrected chi connectivity index (χ4v) is 2.68. The van der Waals surface area contributed by atoms with E-state index in [-0.39, 0.29) is 5.78 Å². The minimum absolute atomic E-state index is 0.0307. The van der Waals surface area contributed by atoms with Gasteiger partial charge in [-0.2, -0.15) is 0 Å². The molecule has 7 heteroatoms. The first kappa shape index (κ1) is 19.2. The van der Waals surface area contributed by atoms with Gasteiger partial charge < -0.3 is 20.1 Å². The SMILES string of the molecule is COc1ccc(OC)c(Nc2cc(Nc3ccc(C(C)=O)cc3)nc(C)n2)c1. The summed E-state index contributed by atoms with van der Waals surface area (Å²) in [6.45, 7) is 3.36. The van der Waals surface area contributed by atoms with Crippen molar-refractivity contribution in [1.29, 1.82) is 0 Å². The molecule has 3 aromatic rings. The number of aryl methyl sites for hydroxylation is 1. The van der Waals surface area contributed by atoms with Crippen LogP contribution in [0.5, 0.6) is 11.5 Å². The van der Waals surface area contributed by atoms with Gasteiger partial charge in [0.25, 0.3) is 0 Å². The Labute approximate surface area is 163 Å². The average molecular weight is 378 g/mol. The summed E-state index contributed by atoms with van der Waals surface area (Å²) in [5.74, 6) is 3.26. The highest BCUT2D eigenvalue weighted by Crippen LogP contribution is 2.31. The second-order valence-corrected chi connectivity index (χ2v) is 6.14. The highest BCUT2D eigenvalue weighted by Gasteiger charge is 2.09. The van der Waals surface area contributed by atoms with Crippen LogP contribution in [0.25, 0.3) is 0 Å². The number of hydrogen-bond acceptors (Lipinski definition) is 7. The van der Waals surface area contributed by atoms with Gasteiger partial charge in [-0.1, -0.05) is 0 Å². The summed E-state index contributed by atoms with van der Waals surface area (Å²) in [5, 5.41) is 6.48. The Balaban J connectivity index is 1.84. The minimum Gasteiger partial charge on any atom is -0.497 e. The lowest BCUT2D eigenvalue weighted by molar-refractivity contribution is 0.101. The van der Waals surface area contributed by atoms with Crippen molar-refractivity contribution in [2.24, 2.45) is 0 Å². The number of nitrogens with one attached hydrogen (secondary N) is 2. The van der Waals surface area contributed by atoms with E-state index in [4.69, 9.17) is 9.47 Å². The minimum atomic E-state index is 0.0307. The summed E-state index contributed by atoms with van der Waals surface area (Å²) in [6, 6.07) is 14.5. The molecule has 0 atom stereocenters. The maximum Gasteiger partial charge on any atom is 0.159 e. The van der Waals surface area contributed by atoms with Crippen LogP contribution in [0.2, 0.25) is 0 Å². The van der Waals surface area contributed by atoms with Crippen LogP contribution in [0, 0.1) is 6.92 Å². The molecule has 0 unspecified atom stereocenters. The summed E-state index contributed by atoms with van der Waals surface area (Å²) < 4.78 is 10.7. The molecule has 0 spiro atoms. The predicted molar refractivity (Wildman–Crippen MR) is 109 cm³/mol. The Morgan fingerprint density at radius 1 is 0.893 bits per heavy atom. The molecule has 3 rings (SSSR count). The van der Waals surface area contributed by atoms with Crippen LogP contribution < -0.4 is 20.1 Å². The number of carbonyl (C=O) groups is 1. The molecule has 0 saturated carbocycles. The molecule has 0 radical (unpaired) electrons. The number of ketones is 1. The number of carbonyl (C=O) groups excluding carboxylic acids is 1. The van der Waals surface area contributed by atoms with E-state index < -0.39 is 0 Å². The number of methoxy groups -OCH3 is 2. The van der Waals surface area contributed by atoms with Crippen LogP contribution in [0.1, 0.15) is 23.1 Å². The Morgan fingerprint density at radius 3 is 2.18 bits per heavy atom. The second-order valence-electron chi connectivity index (χ2n) is 6.14. The quantitative estimate of drug-likeness (QED) is 0.586. The number of Topliss-reactive ketones (excluding diaryl/α,β-unsaturated/α-hetero) is 1. The van der Waals surface area contributed by atoms with Crippen molar-refractivity contribution < 1.29 is 14.3 Å². The molecule has 0 fully saturated rings. The van der Waals surface area contributed by atoms with Gasteiger partial charge in [-0.05, 0) is 50.2 Å². The molecule has 0 aliphatic rings. The third-order valence-corrected chi connectivity index (χ3v) is 4.07. The van der Waals surface area contributed by atoms with Crippen molar-refractivity contribution >= 4 is 28.8 Å². The molecule has 7 nitrogen and oxygen atoms in total. The lowest BCUT2D eigenvalue weighted by Gasteiger charge is -2.14. The van der Waals surface area contributed by atoms with Gasteiger partial charge in [-0.3, -0.25) is 4.79 Å². The lowest BCUT2D eigenvalue weighted by atomic mass is 10.1. The van der Waals surface area contributed by atoms with E-state index >= 15 is 0 Å². The normalized spacial score (nSPS) is 10.3. The summed E-state index contributed by atoms with van der Waals surface area (Å²) >= 11 is 0. The van der Waals surface area contributed by atoms with E-state index in [1.165, 1.54) is 0 Å². The zero-order valence-corrected chi connectivity index (χ0v) is 16.2. The van der Waals surface area contributed by atoms with Crippen molar-refractivity contribution in [3.63, 3.8) is 0 Å². The highest BCUT2D eigenvalue weighted by atomic mass is 16.5. The largest absolute Gasteiger partial charge is 0.497 e. The number of aromatic nitrogens is 2. The molecule has 28 heavy (non-hydrogen) atoms. The molecular formula is C21H22N4O3. The van der Waals surface area contributed by atoms with E-state index in [1.807, 2.05) is 37.3 Å². The molecule has 0 bridgehead atoms. The van der Waals surface area contributed by atoms with Crippen molar-refractivity contribution in [2.45, 2.75) is 13.8 Å². The third kappa shape index (κ3) is 4.56. The third-order valence-electron chi connectivity index (χ3n) is 4.07. The van der Waals surface area contributed by atoms with E-state index in [9.17, 15) is 4.79 Å². The van der Waals surface area contributed by atoms with Crippen molar-refractivity contribution in [3.05, 3.63) is 59.9 Å². The number of nitrogens with zero attached hydrogens (tertiary/aromatic N) is 2. The average Bonchev–Trinajstić information content (AvgIpc) is 2.68. The van der Waals surface area contributed by atoms with Gasteiger partial charge >= 0.3 is 0 Å². The first-order valence-corrected chi connectivity index (χ1v) is 8.71. The van der Waals surface area contributed by atoms with Crippen molar-refractivity contribution in [2.75, 3.05) is 24.9 Å². The summed E-state index contributed by atoms with van der Waals surface area (Å²) in [4.78, 5) is 20.3. The van der Waals surface area contributed by atoms with E-state index in [2.05, 4.69) is 20.6 Å². The molecule has 0 aliphatic heterocycles. The van der Waals surface area contributed by atoms with Gasteiger partial charge in [0, 0.05) is 23.4 Å². The molecule has 1 heterocycles. The lowest BCUT2D eigenvalue weighted by Crippen LogP contribution is -2.03. The molecule has 0 aliphatic carbocycles. The first-order valence-electron chi connectivity index (χ1n) is 8.71.